The molecule has 86 valence electrons. The van der Waals surface area contributed by atoms with Crippen LogP contribution in [-0.2, 0) is 6.54 Å². The first kappa shape index (κ1) is 10.8. The molecule has 2 heterocycles. The number of hydrogen-bond donors (Lipinski definition) is 0. The van der Waals surface area contributed by atoms with Crippen molar-refractivity contribution in [1.29, 1.82) is 0 Å². The molecule has 0 atom stereocenters. The Bertz CT molecular complexity index is 669. The van der Waals surface area contributed by atoms with Crippen molar-refractivity contribution in [2.75, 3.05) is 0 Å². The molecule has 0 aliphatic rings. The summed E-state index contributed by atoms with van der Waals surface area (Å²) in [5, 5.41) is 5.17. The van der Waals surface area contributed by atoms with Crippen LogP contribution in [0.2, 0.25) is 5.02 Å². The minimum atomic E-state index is 0.778. The van der Waals surface area contributed by atoms with Gasteiger partial charge < -0.3 is 4.57 Å². The molecule has 3 aromatic rings. The van der Waals surface area contributed by atoms with Crippen LogP contribution in [0.3, 0.4) is 0 Å². The van der Waals surface area contributed by atoms with E-state index in [0.29, 0.717) is 0 Å². The lowest BCUT2D eigenvalue weighted by atomic mass is 10.2. The van der Waals surface area contributed by atoms with Gasteiger partial charge >= 0.3 is 0 Å². The Kier molecular flexibility index (Phi) is 2.65. The fourth-order valence-electron chi connectivity index (χ4n) is 1.96. The highest BCUT2D eigenvalue weighted by Crippen LogP contribution is 2.21. The summed E-state index contributed by atoms with van der Waals surface area (Å²) in [5.41, 5.74) is 2.31. The van der Waals surface area contributed by atoms with Crippen molar-refractivity contribution in [2.45, 2.75) is 13.5 Å². The third-order valence-corrected chi connectivity index (χ3v) is 3.79. The predicted molar refractivity (Wildman–Crippen MR) is 72.9 cm³/mol. The van der Waals surface area contributed by atoms with Gasteiger partial charge in [0.1, 0.15) is 0 Å². The van der Waals surface area contributed by atoms with E-state index in [-0.39, 0.29) is 0 Å². The maximum Gasteiger partial charge on any atom is 0.0898 e. The highest BCUT2D eigenvalue weighted by atomic mass is 35.5. The standard InChI is InChI=1S/C13H11ClN2S/c1-9-15-12(8-17-9)7-16-5-4-10-6-11(14)2-3-13(10)16/h2-6,8H,7H2,1H3. The summed E-state index contributed by atoms with van der Waals surface area (Å²) in [6.45, 7) is 2.84. The van der Waals surface area contributed by atoms with Crippen LogP contribution in [0.25, 0.3) is 10.9 Å². The van der Waals surface area contributed by atoms with Crippen LogP contribution in [0.15, 0.2) is 35.8 Å². The summed E-state index contributed by atoms with van der Waals surface area (Å²) in [6, 6.07) is 8.05. The zero-order valence-electron chi connectivity index (χ0n) is 9.35. The second-order valence-corrected chi connectivity index (χ2v) is 5.50. The van der Waals surface area contributed by atoms with Crippen molar-refractivity contribution in [3.05, 3.63) is 51.6 Å². The minimum Gasteiger partial charge on any atom is -0.341 e. The van der Waals surface area contributed by atoms with Gasteiger partial charge in [-0.05, 0) is 31.2 Å². The van der Waals surface area contributed by atoms with Crippen LogP contribution in [-0.4, -0.2) is 9.55 Å². The topological polar surface area (TPSA) is 17.8 Å². The maximum absolute atomic E-state index is 5.97. The third kappa shape index (κ3) is 2.08. The molecule has 0 aliphatic carbocycles. The lowest BCUT2D eigenvalue weighted by Crippen LogP contribution is -1.97. The first-order valence-corrected chi connectivity index (χ1v) is 6.63. The van der Waals surface area contributed by atoms with Gasteiger partial charge in [-0.25, -0.2) is 4.98 Å². The first-order chi connectivity index (χ1) is 8.22. The molecule has 0 spiro atoms. The minimum absolute atomic E-state index is 0.778. The van der Waals surface area contributed by atoms with E-state index in [0.717, 1.165) is 22.3 Å². The molecule has 0 unspecified atom stereocenters. The molecule has 0 saturated carbocycles. The monoisotopic (exact) mass is 262 g/mol. The van der Waals surface area contributed by atoms with E-state index in [1.807, 2.05) is 19.1 Å². The van der Waals surface area contributed by atoms with Gasteiger partial charge in [-0.2, -0.15) is 0 Å². The number of rotatable bonds is 2. The fraction of sp³-hybridized carbons (Fsp3) is 0.154. The van der Waals surface area contributed by atoms with E-state index in [2.05, 4.69) is 33.3 Å². The molecular weight excluding hydrogens is 252 g/mol. The SMILES string of the molecule is Cc1nc(Cn2ccc3cc(Cl)ccc32)cs1. The highest BCUT2D eigenvalue weighted by molar-refractivity contribution is 7.09. The molecule has 0 saturated heterocycles. The second kappa shape index (κ2) is 4.17. The maximum atomic E-state index is 5.97. The number of halogens is 1. The van der Waals surface area contributed by atoms with Crippen LogP contribution >= 0.6 is 22.9 Å². The Morgan fingerprint density at radius 1 is 1.35 bits per heavy atom. The lowest BCUT2D eigenvalue weighted by molar-refractivity contribution is 0.812. The van der Waals surface area contributed by atoms with E-state index in [1.54, 1.807) is 11.3 Å². The number of aryl methyl sites for hydroxylation is 1. The van der Waals surface area contributed by atoms with E-state index in [4.69, 9.17) is 11.6 Å². The summed E-state index contributed by atoms with van der Waals surface area (Å²) in [4.78, 5) is 4.48. The lowest BCUT2D eigenvalue weighted by Gasteiger charge is -2.02. The van der Waals surface area contributed by atoms with Gasteiger partial charge in [0.25, 0.3) is 0 Å². The zero-order valence-corrected chi connectivity index (χ0v) is 10.9. The van der Waals surface area contributed by atoms with Gasteiger partial charge in [0, 0.05) is 27.5 Å². The molecule has 4 heteroatoms. The van der Waals surface area contributed by atoms with Gasteiger partial charge in [0.15, 0.2) is 0 Å². The summed E-state index contributed by atoms with van der Waals surface area (Å²) >= 11 is 7.66. The van der Waals surface area contributed by atoms with Gasteiger partial charge in [-0.15, -0.1) is 11.3 Å². The highest BCUT2D eigenvalue weighted by Gasteiger charge is 2.04. The van der Waals surface area contributed by atoms with E-state index in [9.17, 15) is 0 Å². The van der Waals surface area contributed by atoms with Crippen LogP contribution in [0.5, 0.6) is 0 Å². The molecule has 0 amide bonds. The Morgan fingerprint density at radius 2 is 2.24 bits per heavy atom. The van der Waals surface area contributed by atoms with E-state index < -0.39 is 0 Å². The molecule has 0 N–H and O–H groups in total. The van der Waals surface area contributed by atoms with Crippen molar-refractivity contribution in [1.82, 2.24) is 9.55 Å². The van der Waals surface area contributed by atoms with Gasteiger partial charge in [-0.1, -0.05) is 11.6 Å². The van der Waals surface area contributed by atoms with E-state index >= 15 is 0 Å². The zero-order chi connectivity index (χ0) is 11.8. The molecular formula is C13H11ClN2S. The molecule has 0 aliphatic heterocycles. The first-order valence-electron chi connectivity index (χ1n) is 5.38. The number of hydrogen-bond acceptors (Lipinski definition) is 2. The molecule has 3 rings (SSSR count). The average molecular weight is 263 g/mol. The fourth-order valence-corrected chi connectivity index (χ4v) is 2.75. The molecule has 2 aromatic heterocycles. The summed E-state index contributed by atoms with van der Waals surface area (Å²) in [7, 11) is 0. The molecule has 0 bridgehead atoms. The van der Waals surface area contributed by atoms with Crippen molar-refractivity contribution >= 4 is 33.8 Å². The number of fused-ring (bicyclic) bond motifs is 1. The van der Waals surface area contributed by atoms with Crippen molar-refractivity contribution in [3.8, 4) is 0 Å². The number of aromatic nitrogens is 2. The van der Waals surface area contributed by atoms with Crippen LogP contribution < -0.4 is 0 Å². The largest absolute Gasteiger partial charge is 0.341 e. The van der Waals surface area contributed by atoms with Crippen LogP contribution in [0, 0.1) is 6.92 Å². The number of nitrogens with zero attached hydrogens (tertiary/aromatic N) is 2. The van der Waals surface area contributed by atoms with E-state index in [1.165, 1.54) is 10.9 Å². The van der Waals surface area contributed by atoms with Gasteiger partial charge in [0.05, 0.1) is 17.2 Å². The molecule has 0 fully saturated rings. The predicted octanol–water partition coefficient (Wildman–Crippen LogP) is 4.11. The Labute approximate surface area is 108 Å². The quantitative estimate of drug-likeness (QED) is 0.680. The summed E-state index contributed by atoms with van der Waals surface area (Å²) < 4.78 is 2.19. The Morgan fingerprint density at radius 3 is 3.00 bits per heavy atom. The second-order valence-electron chi connectivity index (χ2n) is 4.00. The third-order valence-electron chi connectivity index (χ3n) is 2.73. The molecule has 1 aromatic carbocycles. The molecule has 17 heavy (non-hydrogen) atoms. The Balaban J connectivity index is 2.00. The summed E-state index contributed by atoms with van der Waals surface area (Å²) in [6.07, 6.45) is 2.08. The Hall–Kier alpha value is -1.32. The summed E-state index contributed by atoms with van der Waals surface area (Å²) in [5.74, 6) is 0. The smallest absolute Gasteiger partial charge is 0.0898 e. The van der Waals surface area contributed by atoms with Crippen molar-refractivity contribution in [3.63, 3.8) is 0 Å². The van der Waals surface area contributed by atoms with Crippen LogP contribution in [0.1, 0.15) is 10.7 Å². The van der Waals surface area contributed by atoms with Crippen molar-refractivity contribution in [2.24, 2.45) is 0 Å². The normalized spacial score (nSPS) is 11.2. The van der Waals surface area contributed by atoms with Crippen LogP contribution in [0.4, 0.5) is 0 Å². The molecule has 2 nitrogen and oxygen atoms in total. The average Bonchev–Trinajstić information content (AvgIpc) is 2.86. The molecule has 0 radical (unpaired) electrons. The number of thiazole rings is 1. The number of benzene rings is 1. The van der Waals surface area contributed by atoms with Gasteiger partial charge in [0.2, 0.25) is 0 Å². The van der Waals surface area contributed by atoms with Crippen molar-refractivity contribution < 1.29 is 0 Å². The van der Waals surface area contributed by atoms with Gasteiger partial charge in [-0.3, -0.25) is 0 Å².